The number of hydrogen-bond donors (Lipinski definition) is 2. The SMILES string of the molecule is CCC(C)(C)Nc1c(C(N)=S)c(C)nn1C. The Kier molecular flexibility index (Phi) is 3.57. The van der Waals surface area contributed by atoms with E-state index < -0.39 is 0 Å². The van der Waals surface area contributed by atoms with E-state index in [-0.39, 0.29) is 5.54 Å². The van der Waals surface area contributed by atoms with Crippen molar-refractivity contribution in [3.63, 3.8) is 0 Å². The fourth-order valence-electron chi connectivity index (χ4n) is 1.51. The highest BCUT2D eigenvalue weighted by atomic mass is 32.1. The number of hydrogen-bond acceptors (Lipinski definition) is 3. The van der Waals surface area contributed by atoms with E-state index in [0.29, 0.717) is 4.99 Å². The van der Waals surface area contributed by atoms with E-state index in [4.69, 9.17) is 18.0 Å². The highest BCUT2D eigenvalue weighted by Gasteiger charge is 2.21. The molecule has 1 aromatic heterocycles. The van der Waals surface area contributed by atoms with Crippen LogP contribution >= 0.6 is 12.2 Å². The Morgan fingerprint density at radius 2 is 2.12 bits per heavy atom. The summed E-state index contributed by atoms with van der Waals surface area (Å²) in [5.74, 6) is 0.900. The lowest BCUT2D eigenvalue weighted by molar-refractivity contribution is 0.538. The molecule has 1 heterocycles. The molecule has 0 aliphatic rings. The van der Waals surface area contributed by atoms with Crippen LogP contribution in [-0.2, 0) is 7.05 Å². The third-order valence-corrected chi connectivity index (χ3v) is 3.01. The standard InChI is InChI=1S/C11H20N4S/c1-6-11(3,4)13-10-8(9(12)16)7(2)14-15(10)5/h13H,6H2,1-5H3,(H2,12,16). The van der Waals surface area contributed by atoms with E-state index in [1.165, 1.54) is 0 Å². The van der Waals surface area contributed by atoms with Crippen LogP contribution in [0.2, 0.25) is 0 Å². The molecule has 0 amide bonds. The molecule has 0 spiro atoms. The van der Waals surface area contributed by atoms with E-state index >= 15 is 0 Å². The van der Waals surface area contributed by atoms with E-state index in [2.05, 4.69) is 31.2 Å². The van der Waals surface area contributed by atoms with Crippen LogP contribution < -0.4 is 11.1 Å². The van der Waals surface area contributed by atoms with Gasteiger partial charge in [0.15, 0.2) is 0 Å². The molecule has 0 saturated heterocycles. The lowest BCUT2D eigenvalue weighted by Crippen LogP contribution is -2.32. The quantitative estimate of drug-likeness (QED) is 0.790. The first-order chi connectivity index (χ1) is 7.28. The van der Waals surface area contributed by atoms with Crippen molar-refractivity contribution >= 4 is 23.0 Å². The highest BCUT2D eigenvalue weighted by molar-refractivity contribution is 7.80. The maximum atomic E-state index is 5.73. The maximum absolute atomic E-state index is 5.73. The molecule has 5 heteroatoms. The van der Waals surface area contributed by atoms with Crippen LogP contribution in [0.15, 0.2) is 0 Å². The van der Waals surface area contributed by atoms with Crippen LogP contribution in [0.25, 0.3) is 0 Å². The molecule has 0 aromatic carbocycles. The van der Waals surface area contributed by atoms with Gasteiger partial charge in [0.25, 0.3) is 0 Å². The zero-order valence-corrected chi connectivity index (χ0v) is 11.4. The Morgan fingerprint density at radius 1 is 1.56 bits per heavy atom. The number of aromatic nitrogens is 2. The third-order valence-electron chi connectivity index (χ3n) is 2.81. The van der Waals surface area contributed by atoms with Gasteiger partial charge in [0.2, 0.25) is 0 Å². The second kappa shape index (κ2) is 4.41. The lowest BCUT2D eigenvalue weighted by Gasteiger charge is -2.26. The minimum Gasteiger partial charge on any atom is -0.389 e. The van der Waals surface area contributed by atoms with Crippen LogP contribution in [0.4, 0.5) is 5.82 Å². The molecule has 1 aromatic rings. The zero-order valence-electron chi connectivity index (χ0n) is 10.6. The molecule has 0 aliphatic heterocycles. The van der Waals surface area contributed by atoms with Gasteiger partial charge in [-0.05, 0) is 27.2 Å². The summed E-state index contributed by atoms with van der Waals surface area (Å²) in [4.78, 5) is 0.389. The molecular formula is C11H20N4S. The molecule has 90 valence electrons. The van der Waals surface area contributed by atoms with Crippen molar-refractivity contribution < 1.29 is 0 Å². The Bertz CT molecular complexity index is 406. The van der Waals surface area contributed by atoms with Crippen LogP contribution in [0, 0.1) is 6.92 Å². The number of nitrogens with zero attached hydrogens (tertiary/aromatic N) is 2. The predicted octanol–water partition coefficient (Wildman–Crippen LogP) is 1.96. The molecule has 0 saturated carbocycles. The summed E-state index contributed by atoms with van der Waals surface area (Å²) >= 11 is 5.06. The van der Waals surface area contributed by atoms with Gasteiger partial charge in [0.1, 0.15) is 10.8 Å². The van der Waals surface area contributed by atoms with Crippen molar-refractivity contribution in [3.8, 4) is 0 Å². The number of aryl methyl sites for hydroxylation is 2. The minimum atomic E-state index is -0.000231. The third kappa shape index (κ3) is 2.52. The van der Waals surface area contributed by atoms with E-state index in [1.807, 2.05) is 14.0 Å². The molecule has 0 fully saturated rings. The Labute approximate surface area is 102 Å². The van der Waals surface area contributed by atoms with Crippen molar-refractivity contribution in [2.45, 2.75) is 39.7 Å². The number of nitrogens with one attached hydrogen (secondary N) is 1. The fraction of sp³-hybridized carbons (Fsp3) is 0.636. The van der Waals surface area contributed by atoms with E-state index in [9.17, 15) is 0 Å². The van der Waals surface area contributed by atoms with Gasteiger partial charge >= 0.3 is 0 Å². The van der Waals surface area contributed by atoms with Gasteiger partial charge in [-0.15, -0.1) is 0 Å². The monoisotopic (exact) mass is 240 g/mol. The number of rotatable bonds is 4. The first-order valence-electron chi connectivity index (χ1n) is 5.40. The van der Waals surface area contributed by atoms with Gasteiger partial charge < -0.3 is 11.1 Å². The summed E-state index contributed by atoms with van der Waals surface area (Å²) in [7, 11) is 1.89. The van der Waals surface area contributed by atoms with Crippen LogP contribution in [0.5, 0.6) is 0 Å². The molecule has 0 bridgehead atoms. The number of nitrogens with two attached hydrogens (primary N) is 1. The van der Waals surface area contributed by atoms with Gasteiger partial charge in [0.05, 0.1) is 11.3 Å². The predicted molar refractivity (Wildman–Crippen MR) is 71.8 cm³/mol. The smallest absolute Gasteiger partial charge is 0.134 e. The van der Waals surface area contributed by atoms with Crippen LogP contribution in [-0.4, -0.2) is 20.3 Å². The first-order valence-corrected chi connectivity index (χ1v) is 5.81. The summed E-state index contributed by atoms with van der Waals surface area (Å²) in [6.07, 6.45) is 1.01. The second-order valence-corrected chi connectivity index (χ2v) is 5.10. The van der Waals surface area contributed by atoms with E-state index in [1.54, 1.807) is 4.68 Å². The van der Waals surface area contributed by atoms with Gasteiger partial charge in [0, 0.05) is 12.6 Å². The minimum absolute atomic E-state index is 0.000231. The average molecular weight is 240 g/mol. The molecule has 0 atom stereocenters. The topological polar surface area (TPSA) is 55.9 Å². The van der Waals surface area contributed by atoms with Crippen molar-refractivity contribution in [2.24, 2.45) is 12.8 Å². The molecule has 0 aliphatic carbocycles. The van der Waals surface area contributed by atoms with Crippen molar-refractivity contribution in [2.75, 3.05) is 5.32 Å². The summed E-state index contributed by atoms with van der Waals surface area (Å²) in [5, 5.41) is 7.78. The first kappa shape index (κ1) is 13.0. The molecule has 1 rings (SSSR count). The molecule has 3 N–H and O–H groups in total. The van der Waals surface area contributed by atoms with Crippen molar-refractivity contribution in [3.05, 3.63) is 11.3 Å². The average Bonchev–Trinajstić information content (AvgIpc) is 2.41. The Morgan fingerprint density at radius 3 is 2.56 bits per heavy atom. The summed E-state index contributed by atoms with van der Waals surface area (Å²) in [5.41, 5.74) is 7.44. The number of anilines is 1. The normalized spacial score (nSPS) is 11.6. The van der Waals surface area contributed by atoms with Crippen molar-refractivity contribution in [1.29, 1.82) is 0 Å². The molecular weight excluding hydrogens is 220 g/mol. The largest absolute Gasteiger partial charge is 0.389 e. The number of thiocarbonyl (C=S) groups is 1. The second-order valence-electron chi connectivity index (χ2n) is 4.66. The fourth-order valence-corrected chi connectivity index (χ4v) is 1.75. The lowest BCUT2D eigenvalue weighted by atomic mass is 10.0. The Balaban J connectivity index is 3.18. The van der Waals surface area contributed by atoms with Gasteiger partial charge in [-0.1, -0.05) is 19.1 Å². The summed E-state index contributed by atoms with van der Waals surface area (Å²) < 4.78 is 1.79. The van der Waals surface area contributed by atoms with Crippen molar-refractivity contribution in [1.82, 2.24) is 9.78 Å². The van der Waals surface area contributed by atoms with Gasteiger partial charge in [-0.2, -0.15) is 5.10 Å². The van der Waals surface area contributed by atoms with Gasteiger partial charge in [-0.25, -0.2) is 0 Å². The molecule has 0 unspecified atom stereocenters. The summed E-state index contributed by atoms with van der Waals surface area (Å²) in [6, 6.07) is 0. The van der Waals surface area contributed by atoms with Gasteiger partial charge in [-0.3, -0.25) is 4.68 Å². The summed E-state index contributed by atoms with van der Waals surface area (Å²) in [6.45, 7) is 8.33. The van der Waals surface area contributed by atoms with E-state index in [0.717, 1.165) is 23.5 Å². The van der Waals surface area contributed by atoms with Crippen LogP contribution in [0.3, 0.4) is 0 Å². The zero-order chi connectivity index (χ0) is 12.5. The maximum Gasteiger partial charge on any atom is 0.134 e. The molecule has 4 nitrogen and oxygen atoms in total. The Hall–Kier alpha value is -1.10. The molecule has 0 radical (unpaired) electrons. The van der Waals surface area contributed by atoms with Crippen LogP contribution in [0.1, 0.15) is 38.4 Å². The molecule has 16 heavy (non-hydrogen) atoms. The highest BCUT2D eigenvalue weighted by Crippen LogP contribution is 2.23.